The molecule has 3 heteroatoms. The fourth-order valence-corrected chi connectivity index (χ4v) is 3.81. The highest BCUT2D eigenvalue weighted by atomic mass is 16.2. The van der Waals surface area contributed by atoms with Gasteiger partial charge in [-0.25, -0.2) is 0 Å². The molecule has 2 aromatic carbocycles. The highest BCUT2D eigenvalue weighted by Crippen LogP contribution is 2.33. The van der Waals surface area contributed by atoms with Crippen molar-refractivity contribution in [2.45, 2.75) is 26.3 Å². The van der Waals surface area contributed by atoms with Gasteiger partial charge in [0.1, 0.15) is 0 Å². The highest BCUT2D eigenvalue weighted by Gasteiger charge is 2.23. The van der Waals surface area contributed by atoms with Gasteiger partial charge in [0.25, 0.3) is 0 Å². The van der Waals surface area contributed by atoms with Crippen LogP contribution in [0.3, 0.4) is 0 Å². The first-order valence-corrected chi connectivity index (χ1v) is 10.0. The predicted octanol–water partition coefficient (Wildman–Crippen LogP) is 4.69. The van der Waals surface area contributed by atoms with E-state index in [1.165, 1.54) is 27.8 Å². The number of amides is 1. The monoisotopic (exact) mass is 374 g/mol. The van der Waals surface area contributed by atoms with E-state index in [9.17, 15) is 4.79 Å². The number of nitrogens with zero attached hydrogens (tertiary/aromatic N) is 1. The molecule has 0 heterocycles. The maximum Gasteiger partial charge on any atom is 0.239 e. The van der Waals surface area contributed by atoms with Crippen molar-refractivity contribution < 1.29 is 4.79 Å². The van der Waals surface area contributed by atoms with Gasteiger partial charge in [0, 0.05) is 13.6 Å². The third-order valence-electron chi connectivity index (χ3n) is 5.38. The van der Waals surface area contributed by atoms with Gasteiger partial charge in [0.15, 0.2) is 0 Å². The molecular weight excluding hydrogens is 344 g/mol. The van der Waals surface area contributed by atoms with Crippen LogP contribution in [0, 0.1) is 5.92 Å². The molecule has 1 unspecified atom stereocenters. The average Bonchev–Trinajstić information content (AvgIpc) is 2.85. The highest BCUT2D eigenvalue weighted by molar-refractivity contribution is 5.93. The van der Waals surface area contributed by atoms with Crippen LogP contribution in [0.5, 0.6) is 0 Å². The van der Waals surface area contributed by atoms with Gasteiger partial charge < -0.3 is 10.2 Å². The zero-order chi connectivity index (χ0) is 20.1. The number of hydrogen-bond acceptors (Lipinski definition) is 2. The van der Waals surface area contributed by atoms with Gasteiger partial charge in [-0.05, 0) is 47.2 Å². The number of nitrogens with one attached hydrogen (secondary N) is 1. The summed E-state index contributed by atoms with van der Waals surface area (Å²) in [5, 5.41) is 3.14. The number of fused-ring (bicyclic) bond motifs is 2. The molecule has 0 radical (unpaired) electrons. The maximum absolute atomic E-state index is 12.7. The van der Waals surface area contributed by atoms with Gasteiger partial charge in [0.05, 0.1) is 6.04 Å². The molecule has 1 aliphatic rings. The summed E-state index contributed by atoms with van der Waals surface area (Å²) in [6, 6.07) is 16.9. The summed E-state index contributed by atoms with van der Waals surface area (Å²) in [7, 11) is 3.74. The van der Waals surface area contributed by atoms with Crippen molar-refractivity contribution in [1.29, 1.82) is 0 Å². The molecule has 0 bridgehead atoms. The predicted molar refractivity (Wildman–Crippen MR) is 119 cm³/mol. The molecule has 1 N–H and O–H groups in total. The van der Waals surface area contributed by atoms with Crippen molar-refractivity contribution in [3.05, 3.63) is 76.9 Å². The normalized spacial score (nSPS) is 13.5. The summed E-state index contributed by atoms with van der Waals surface area (Å²) >= 11 is 0. The van der Waals surface area contributed by atoms with Gasteiger partial charge in [0.2, 0.25) is 5.91 Å². The van der Waals surface area contributed by atoms with E-state index in [0.29, 0.717) is 6.54 Å². The lowest BCUT2D eigenvalue weighted by molar-refractivity contribution is -0.133. The zero-order valence-electron chi connectivity index (χ0n) is 17.3. The number of benzene rings is 2. The van der Waals surface area contributed by atoms with E-state index in [4.69, 9.17) is 0 Å². The summed E-state index contributed by atoms with van der Waals surface area (Å²) < 4.78 is 0. The quantitative estimate of drug-likeness (QED) is 0.679. The third-order valence-corrected chi connectivity index (χ3v) is 5.38. The van der Waals surface area contributed by atoms with Crippen LogP contribution in [0.1, 0.15) is 42.5 Å². The summed E-state index contributed by atoms with van der Waals surface area (Å²) in [6.45, 7) is 4.84. The second-order valence-corrected chi connectivity index (χ2v) is 7.68. The molecule has 3 nitrogen and oxygen atoms in total. The lowest BCUT2D eigenvalue weighted by Crippen LogP contribution is -2.46. The van der Waals surface area contributed by atoms with Crippen molar-refractivity contribution >= 4 is 23.6 Å². The van der Waals surface area contributed by atoms with E-state index in [1.54, 1.807) is 0 Å². The van der Waals surface area contributed by atoms with E-state index in [0.717, 1.165) is 6.42 Å². The van der Waals surface area contributed by atoms with E-state index in [1.807, 2.05) is 19.0 Å². The van der Waals surface area contributed by atoms with Crippen LogP contribution in [0.4, 0.5) is 0 Å². The van der Waals surface area contributed by atoms with Crippen LogP contribution in [0.25, 0.3) is 17.7 Å². The van der Waals surface area contributed by atoms with Crippen molar-refractivity contribution in [3.63, 3.8) is 0 Å². The van der Waals surface area contributed by atoms with Crippen molar-refractivity contribution in [2.75, 3.05) is 20.6 Å². The van der Waals surface area contributed by atoms with Crippen LogP contribution in [-0.4, -0.2) is 37.5 Å². The topological polar surface area (TPSA) is 32.3 Å². The summed E-state index contributed by atoms with van der Waals surface area (Å²) in [4.78, 5) is 14.5. The number of rotatable bonds is 6. The Bertz CT molecular complexity index is 843. The van der Waals surface area contributed by atoms with Gasteiger partial charge >= 0.3 is 0 Å². The molecule has 1 atom stereocenters. The van der Waals surface area contributed by atoms with Crippen molar-refractivity contribution in [2.24, 2.45) is 5.92 Å². The molecule has 0 aliphatic heterocycles. The zero-order valence-corrected chi connectivity index (χ0v) is 17.3. The standard InChI is InChI=1S/C25H30N2O/c1-18(2)24(26-3)25(28)27(4)17-9-14-23-21-12-7-5-10-19(21)15-16-20-11-6-8-13-22(20)23/h5-8,10-16,18,24,26H,9,17H2,1-4H3. The molecule has 28 heavy (non-hydrogen) atoms. The van der Waals surface area contributed by atoms with Gasteiger partial charge in [-0.2, -0.15) is 0 Å². The van der Waals surface area contributed by atoms with Crippen LogP contribution in [-0.2, 0) is 4.79 Å². The fourth-order valence-electron chi connectivity index (χ4n) is 3.81. The minimum Gasteiger partial charge on any atom is -0.344 e. The molecule has 0 fully saturated rings. The Hall–Kier alpha value is -2.65. The second kappa shape index (κ2) is 9.03. The Morgan fingerprint density at radius 2 is 1.54 bits per heavy atom. The first-order valence-electron chi connectivity index (χ1n) is 10.0. The molecule has 0 aromatic heterocycles. The smallest absolute Gasteiger partial charge is 0.239 e. The Morgan fingerprint density at radius 1 is 1.00 bits per heavy atom. The molecule has 0 spiro atoms. The van der Waals surface area contributed by atoms with Gasteiger partial charge in [-0.15, -0.1) is 0 Å². The van der Waals surface area contributed by atoms with Crippen molar-refractivity contribution in [1.82, 2.24) is 10.2 Å². The van der Waals surface area contributed by atoms with Gasteiger partial charge in [-0.1, -0.05) is 80.6 Å². The summed E-state index contributed by atoms with van der Waals surface area (Å²) in [5.74, 6) is 0.421. The minimum atomic E-state index is -0.138. The summed E-state index contributed by atoms with van der Waals surface area (Å²) in [5.41, 5.74) is 6.18. The average molecular weight is 375 g/mol. The minimum absolute atomic E-state index is 0.138. The number of likely N-dealkylation sites (N-methyl/N-ethyl adjacent to an activating group) is 2. The second-order valence-electron chi connectivity index (χ2n) is 7.68. The Labute approximate surface area is 168 Å². The maximum atomic E-state index is 12.7. The van der Waals surface area contributed by atoms with Crippen LogP contribution in [0.15, 0.2) is 54.6 Å². The van der Waals surface area contributed by atoms with Crippen LogP contribution >= 0.6 is 0 Å². The van der Waals surface area contributed by atoms with Gasteiger partial charge in [-0.3, -0.25) is 4.79 Å². The van der Waals surface area contributed by atoms with E-state index in [-0.39, 0.29) is 17.9 Å². The number of carbonyl (C=O) groups is 1. The van der Waals surface area contributed by atoms with Crippen LogP contribution in [0.2, 0.25) is 0 Å². The summed E-state index contributed by atoms with van der Waals surface area (Å²) in [6.07, 6.45) is 7.46. The third kappa shape index (κ3) is 4.26. The Kier molecular flexibility index (Phi) is 6.48. The Balaban J connectivity index is 1.84. The van der Waals surface area contributed by atoms with E-state index < -0.39 is 0 Å². The molecule has 3 rings (SSSR count). The lowest BCUT2D eigenvalue weighted by Gasteiger charge is -2.25. The fraction of sp³-hybridized carbons (Fsp3) is 0.320. The molecule has 0 saturated heterocycles. The van der Waals surface area contributed by atoms with E-state index >= 15 is 0 Å². The first kappa shape index (κ1) is 20.1. The SMILES string of the molecule is CNC(C(=O)N(C)CCC=C1c2ccccc2C=Cc2ccccc21)C(C)C. The first-order chi connectivity index (χ1) is 13.5. The van der Waals surface area contributed by atoms with E-state index in [2.05, 4.69) is 85.9 Å². The Morgan fingerprint density at radius 3 is 2.04 bits per heavy atom. The molecule has 2 aromatic rings. The molecular formula is C25H30N2O. The molecule has 1 aliphatic carbocycles. The number of hydrogen-bond donors (Lipinski definition) is 1. The van der Waals surface area contributed by atoms with Crippen molar-refractivity contribution in [3.8, 4) is 0 Å². The molecule has 146 valence electrons. The largest absolute Gasteiger partial charge is 0.344 e. The molecule has 1 amide bonds. The number of carbonyl (C=O) groups excluding carboxylic acids is 1. The van der Waals surface area contributed by atoms with Crippen LogP contribution < -0.4 is 5.32 Å². The lowest BCUT2D eigenvalue weighted by atomic mass is 9.93. The molecule has 0 saturated carbocycles.